The number of hydrogen-bond donors (Lipinski definition) is 0. The number of hydrogen-bond acceptors (Lipinski definition) is 0. The predicted molar refractivity (Wildman–Crippen MR) is 83.5 cm³/mol. The van der Waals surface area contributed by atoms with Crippen LogP contribution in [0.15, 0.2) is 55.2 Å². The molecule has 0 fully saturated rings. The summed E-state index contributed by atoms with van der Waals surface area (Å²) >= 11 is 0. The molecule has 0 aromatic heterocycles. The van der Waals surface area contributed by atoms with Crippen LogP contribution in [0.25, 0.3) is 11.1 Å². The van der Waals surface area contributed by atoms with Gasteiger partial charge in [-0.25, -0.2) is 0 Å². The highest BCUT2D eigenvalue weighted by atomic mass is 14.1. The van der Waals surface area contributed by atoms with E-state index in [4.69, 9.17) is 0 Å². The first-order chi connectivity index (χ1) is 8.47. The molecule has 1 aromatic carbocycles. The molecule has 0 bridgehead atoms. The molecule has 0 N–H and O–H groups in total. The highest BCUT2D eigenvalue weighted by Crippen LogP contribution is 2.24. The van der Waals surface area contributed by atoms with Crippen molar-refractivity contribution in [2.45, 2.75) is 27.7 Å². The van der Waals surface area contributed by atoms with Crippen molar-refractivity contribution in [1.82, 2.24) is 0 Å². The smallest absolute Gasteiger partial charge is 0.0204 e. The molecule has 0 aliphatic heterocycles. The quantitative estimate of drug-likeness (QED) is 0.602. The Labute approximate surface area is 111 Å². The van der Waals surface area contributed by atoms with E-state index in [9.17, 15) is 0 Å². The van der Waals surface area contributed by atoms with E-state index in [2.05, 4.69) is 58.2 Å². The van der Waals surface area contributed by atoms with Crippen LogP contribution in [-0.2, 0) is 0 Å². The lowest BCUT2D eigenvalue weighted by Crippen LogP contribution is -1.89. The first-order valence-electron chi connectivity index (χ1n) is 6.21. The molecule has 0 aliphatic carbocycles. The van der Waals surface area contributed by atoms with Crippen LogP contribution in [-0.4, -0.2) is 0 Å². The minimum atomic E-state index is 1.11. The molecule has 18 heavy (non-hydrogen) atoms. The molecule has 0 saturated heterocycles. The van der Waals surface area contributed by atoms with E-state index in [1.54, 1.807) is 6.08 Å². The van der Waals surface area contributed by atoms with Crippen molar-refractivity contribution in [3.05, 3.63) is 71.8 Å². The Morgan fingerprint density at radius 2 is 1.83 bits per heavy atom. The van der Waals surface area contributed by atoms with E-state index >= 15 is 0 Å². The third kappa shape index (κ3) is 3.33. The van der Waals surface area contributed by atoms with Crippen LogP contribution < -0.4 is 0 Å². The number of rotatable bonds is 4. The first-order valence-corrected chi connectivity index (χ1v) is 6.21. The Kier molecular flexibility index (Phi) is 4.91. The molecule has 1 rings (SSSR count). The molecule has 0 atom stereocenters. The summed E-state index contributed by atoms with van der Waals surface area (Å²) in [5, 5.41) is 0. The van der Waals surface area contributed by atoms with Crippen LogP contribution in [0.3, 0.4) is 0 Å². The van der Waals surface area contributed by atoms with Crippen molar-refractivity contribution in [2.24, 2.45) is 0 Å². The van der Waals surface area contributed by atoms with Crippen molar-refractivity contribution in [1.29, 1.82) is 0 Å². The summed E-state index contributed by atoms with van der Waals surface area (Å²) in [6, 6.07) is 6.54. The van der Waals surface area contributed by atoms with Crippen molar-refractivity contribution in [2.75, 3.05) is 0 Å². The zero-order chi connectivity index (χ0) is 13.7. The van der Waals surface area contributed by atoms with Gasteiger partial charge in [-0.2, -0.15) is 0 Å². The lowest BCUT2D eigenvalue weighted by atomic mass is 9.95. The molecule has 94 valence electrons. The average molecular weight is 238 g/mol. The van der Waals surface area contributed by atoms with Crippen LogP contribution >= 0.6 is 0 Å². The highest BCUT2D eigenvalue weighted by molar-refractivity contribution is 5.72. The van der Waals surface area contributed by atoms with Gasteiger partial charge in [0.05, 0.1) is 0 Å². The van der Waals surface area contributed by atoms with Crippen LogP contribution in [0, 0.1) is 6.92 Å². The van der Waals surface area contributed by atoms with Crippen LogP contribution in [0.2, 0.25) is 0 Å². The molecular formula is C18H22. The number of benzene rings is 1. The van der Waals surface area contributed by atoms with Gasteiger partial charge >= 0.3 is 0 Å². The van der Waals surface area contributed by atoms with Crippen LogP contribution in [0.1, 0.15) is 37.5 Å². The molecule has 0 heterocycles. The maximum atomic E-state index is 4.00. The van der Waals surface area contributed by atoms with Gasteiger partial charge in [-0.15, -0.1) is 0 Å². The lowest BCUT2D eigenvalue weighted by molar-refractivity contribution is 1.37. The molecule has 0 saturated carbocycles. The van der Waals surface area contributed by atoms with Gasteiger partial charge in [0.1, 0.15) is 0 Å². The molecule has 0 unspecified atom stereocenters. The number of aryl methyl sites for hydroxylation is 1. The lowest BCUT2D eigenvalue weighted by Gasteiger charge is -2.10. The van der Waals surface area contributed by atoms with Crippen molar-refractivity contribution >= 4 is 11.1 Å². The third-order valence-corrected chi connectivity index (χ3v) is 3.19. The number of allylic oxidation sites excluding steroid dienone is 6. The standard InChI is InChI=1S/C18H22/c1-7-8-9-14(4)16(6)17-10-11-18(13(2)3)15(5)12-17/h7-12H,1-2H2,3-6H3/b9-8-,16-14+. The minimum Gasteiger partial charge on any atom is -0.0991 e. The van der Waals surface area contributed by atoms with Gasteiger partial charge in [-0.05, 0) is 55.5 Å². The van der Waals surface area contributed by atoms with E-state index in [-0.39, 0.29) is 0 Å². The Morgan fingerprint density at radius 3 is 2.33 bits per heavy atom. The second kappa shape index (κ2) is 6.20. The fourth-order valence-electron chi connectivity index (χ4n) is 1.94. The second-order valence-corrected chi connectivity index (χ2v) is 4.71. The maximum Gasteiger partial charge on any atom is -0.0204 e. The average Bonchev–Trinajstić information content (AvgIpc) is 2.34. The first kappa shape index (κ1) is 14.2. The Hall–Kier alpha value is -1.82. The SMILES string of the molecule is C=C/C=C\C(C)=C(/C)c1ccc(C(=C)C)c(C)c1. The second-order valence-electron chi connectivity index (χ2n) is 4.71. The fraction of sp³-hybridized carbons (Fsp3) is 0.222. The minimum absolute atomic E-state index is 1.11. The van der Waals surface area contributed by atoms with Gasteiger partial charge in [0.15, 0.2) is 0 Å². The zero-order valence-corrected chi connectivity index (χ0v) is 11.9. The van der Waals surface area contributed by atoms with Gasteiger partial charge < -0.3 is 0 Å². The van der Waals surface area contributed by atoms with Gasteiger partial charge in [0.2, 0.25) is 0 Å². The van der Waals surface area contributed by atoms with Crippen molar-refractivity contribution in [3.63, 3.8) is 0 Å². The molecule has 0 aliphatic rings. The summed E-state index contributed by atoms with van der Waals surface area (Å²) in [7, 11) is 0. The molecule has 0 nitrogen and oxygen atoms in total. The van der Waals surface area contributed by atoms with Gasteiger partial charge in [-0.3, -0.25) is 0 Å². The summed E-state index contributed by atoms with van der Waals surface area (Å²) < 4.78 is 0. The summed E-state index contributed by atoms with van der Waals surface area (Å²) in [4.78, 5) is 0. The molecule has 0 radical (unpaired) electrons. The maximum absolute atomic E-state index is 4.00. The van der Waals surface area contributed by atoms with Crippen molar-refractivity contribution in [3.8, 4) is 0 Å². The third-order valence-electron chi connectivity index (χ3n) is 3.19. The van der Waals surface area contributed by atoms with E-state index in [0.29, 0.717) is 0 Å². The molecule has 0 amide bonds. The fourth-order valence-corrected chi connectivity index (χ4v) is 1.94. The normalized spacial score (nSPS) is 12.4. The largest absolute Gasteiger partial charge is 0.0991 e. The highest BCUT2D eigenvalue weighted by Gasteiger charge is 2.03. The zero-order valence-electron chi connectivity index (χ0n) is 11.9. The van der Waals surface area contributed by atoms with Crippen LogP contribution in [0.5, 0.6) is 0 Å². The predicted octanol–water partition coefficient (Wildman–Crippen LogP) is 5.56. The summed E-state index contributed by atoms with van der Waals surface area (Å²) in [6.45, 7) is 16.1. The summed E-state index contributed by atoms with van der Waals surface area (Å²) in [5.41, 5.74) is 7.46. The van der Waals surface area contributed by atoms with Crippen LogP contribution in [0.4, 0.5) is 0 Å². The molecule has 1 aromatic rings. The molecular weight excluding hydrogens is 216 g/mol. The molecule has 0 spiro atoms. The van der Waals surface area contributed by atoms with E-state index in [0.717, 1.165) is 5.57 Å². The van der Waals surface area contributed by atoms with Gasteiger partial charge in [-0.1, -0.05) is 55.2 Å². The van der Waals surface area contributed by atoms with E-state index in [1.807, 2.05) is 13.0 Å². The van der Waals surface area contributed by atoms with Gasteiger partial charge in [0, 0.05) is 0 Å². The topological polar surface area (TPSA) is 0 Å². The summed E-state index contributed by atoms with van der Waals surface area (Å²) in [5.74, 6) is 0. The van der Waals surface area contributed by atoms with E-state index < -0.39 is 0 Å². The summed E-state index contributed by atoms with van der Waals surface area (Å²) in [6.07, 6.45) is 5.85. The van der Waals surface area contributed by atoms with Gasteiger partial charge in [0.25, 0.3) is 0 Å². The Bertz CT molecular complexity index is 525. The van der Waals surface area contributed by atoms with E-state index in [1.165, 1.54) is 27.8 Å². The monoisotopic (exact) mass is 238 g/mol. The Morgan fingerprint density at radius 1 is 1.17 bits per heavy atom. The van der Waals surface area contributed by atoms with Crippen molar-refractivity contribution < 1.29 is 0 Å². The Balaban J connectivity index is 3.19. The molecule has 0 heteroatoms.